The summed E-state index contributed by atoms with van der Waals surface area (Å²) in [5, 5.41) is 9.16. The summed E-state index contributed by atoms with van der Waals surface area (Å²) in [6.07, 6.45) is 3.83. The van der Waals surface area contributed by atoms with Gasteiger partial charge in [-0.2, -0.15) is 5.10 Å². The number of hydrogen-bond acceptors (Lipinski definition) is 2. The van der Waals surface area contributed by atoms with Crippen molar-refractivity contribution in [3.8, 4) is 0 Å². The minimum atomic E-state index is -0.0400. The van der Waals surface area contributed by atoms with Gasteiger partial charge in [-0.15, -0.1) is 0 Å². The number of aromatic amines is 1. The molecule has 0 spiro atoms. The molecule has 5 heteroatoms. The third-order valence-electron chi connectivity index (χ3n) is 2.14. The molecule has 0 aliphatic carbocycles. The van der Waals surface area contributed by atoms with Gasteiger partial charge in [-0.3, -0.25) is 10.4 Å². The van der Waals surface area contributed by atoms with E-state index in [4.69, 9.17) is 0 Å². The molecule has 1 aliphatic heterocycles. The fourth-order valence-electron chi connectivity index (χ4n) is 1.44. The number of nitrogens with zero attached hydrogens (tertiary/aromatic N) is 2. The molecular formula is C8H12N4O. The van der Waals surface area contributed by atoms with E-state index < -0.39 is 0 Å². The van der Waals surface area contributed by atoms with Crippen molar-refractivity contribution in [3.63, 3.8) is 0 Å². The van der Waals surface area contributed by atoms with E-state index in [2.05, 4.69) is 15.5 Å². The predicted octanol–water partition coefficient (Wildman–Crippen LogP) is 1.04. The Morgan fingerprint density at radius 2 is 2.31 bits per heavy atom. The molecule has 0 radical (unpaired) electrons. The van der Waals surface area contributed by atoms with Crippen LogP contribution in [0.2, 0.25) is 0 Å². The fourth-order valence-corrected chi connectivity index (χ4v) is 1.44. The molecule has 1 fully saturated rings. The van der Waals surface area contributed by atoms with Crippen LogP contribution in [0.4, 0.5) is 10.6 Å². The minimum absolute atomic E-state index is 0.0400. The molecular weight excluding hydrogens is 168 g/mol. The zero-order valence-corrected chi connectivity index (χ0v) is 7.29. The first-order chi connectivity index (χ1) is 6.36. The number of carbonyl (C=O) groups is 1. The van der Waals surface area contributed by atoms with Crippen LogP contribution in [-0.2, 0) is 0 Å². The van der Waals surface area contributed by atoms with Crippen LogP contribution < -0.4 is 5.32 Å². The van der Waals surface area contributed by atoms with E-state index >= 15 is 0 Å². The molecule has 0 bridgehead atoms. The van der Waals surface area contributed by atoms with E-state index in [1.165, 1.54) is 0 Å². The van der Waals surface area contributed by atoms with Gasteiger partial charge in [0.05, 0.1) is 6.20 Å². The molecule has 0 unspecified atom stereocenters. The number of carbonyl (C=O) groups excluding carboxylic acids is 1. The molecule has 5 nitrogen and oxygen atoms in total. The monoisotopic (exact) mass is 180 g/mol. The number of nitrogens with one attached hydrogen (secondary N) is 2. The van der Waals surface area contributed by atoms with Gasteiger partial charge in [-0.05, 0) is 12.8 Å². The highest BCUT2D eigenvalue weighted by Gasteiger charge is 2.17. The Labute approximate surface area is 76.1 Å². The van der Waals surface area contributed by atoms with Gasteiger partial charge in [0.25, 0.3) is 0 Å². The van der Waals surface area contributed by atoms with Crippen LogP contribution in [0.3, 0.4) is 0 Å². The maximum absolute atomic E-state index is 11.5. The van der Waals surface area contributed by atoms with Crippen molar-refractivity contribution in [2.45, 2.75) is 12.8 Å². The Morgan fingerprint density at radius 3 is 2.92 bits per heavy atom. The second-order valence-corrected chi connectivity index (χ2v) is 3.09. The summed E-state index contributed by atoms with van der Waals surface area (Å²) in [6, 6.07) is 1.69. The van der Waals surface area contributed by atoms with Gasteiger partial charge in [-0.1, -0.05) is 0 Å². The third kappa shape index (κ3) is 1.80. The molecule has 13 heavy (non-hydrogen) atoms. The highest BCUT2D eigenvalue weighted by atomic mass is 16.2. The molecule has 1 saturated heterocycles. The fraction of sp³-hybridized carbons (Fsp3) is 0.500. The highest BCUT2D eigenvalue weighted by molar-refractivity contribution is 5.88. The van der Waals surface area contributed by atoms with Gasteiger partial charge in [0, 0.05) is 19.2 Å². The van der Waals surface area contributed by atoms with Gasteiger partial charge >= 0.3 is 6.03 Å². The van der Waals surface area contributed by atoms with Crippen molar-refractivity contribution >= 4 is 11.8 Å². The second-order valence-electron chi connectivity index (χ2n) is 3.09. The zero-order valence-electron chi connectivity index (χ0n) is 7.29. The van der Waals surface area contributed by atoms with E-state index in [9.17, 15) is 4.79 Å². The topological polar surface area (TPSA) is 61.0 Å². The number of likely N-dealkylation sites (tertiary alicyclic amines) is 1. The molecule has 1 aromatic heterocycles. The first kappa shape index (κ1) is 8.10. The lowest BCUT2D eigenvalue weighted by Gasteiger charge is -2.14. The van der Waals surface area contributed by atoms with Crippen molar-refractivity contribution in [3.05, 3.63) is 12.3 Å². The van der Waals surface area contributed by atoms with Gasteiger partial charge < -0.3 is 4.90 Å². The summed E-state index contributed by atoms with van der Waals surface area (Å²) in [7, 11) is 0. The van der Waals surface area contributed by atoms with Crippen LogP contribution in [0.15, 0.2) is 12.3 Å². The molecule has 0 atom stereocenters. The van der Waals surface area contributed by atoms with E-state index in [0.29, 0.717) is 5.82 Å². The van der Waals surface area contributed by atoms with Crippen LogP contribution in [0.1, 0.15) is 12.8 Å². The number of amides is 2. The Hall–Kier alpha value is -1.52. The number of rotatable bonds is 1. The lowest BCUT2D eigenvalue weighted by atomic mass is 10.4. The van der Waals surface area contributed by atoms with Crippen molar-refractivity contribution in [2.75, 3.05) is 18.4 Å². The first-order valence-corrected chi connectivity index (χ1v) is 4.41. The summed E-state index contributed by atoms with van der Waals surface area (Å²) < 4.78 is 0. The average Bonchev–Trinajstić information content (AvgIpc) is 2.74. The number of urea groups is 1. The van der Waals surface area contributed by atoms with Gasteiger partial charge in [0.1, 0.15) is 5.82 Å². The van der Waals surface area contributed by atoms with Gasteiger partial charge in [-0.25, -0.2) is 4.79 Å². The van der Waals surface area contributed by atoms with Crippen LogP contribution in [0.25, 0.3) is 0 Å². The van der Waals surface area contributed by atoms with Crippen molar-refractivity contribution in [2.24, 2.45) is 0 Å². The van der Waals surface area contributed by atoms with Crippen LogP contribution >= 0.6 is 0 Å². The molecule has 2 amide bonds. The van der Waals surface area contributed by atoms with Crippen LogP contribution in [0, 0.1) is 0 Å². The zero-order chi connectivity index (χ0) is 9.10. The Morgan fingerprint density at radius 1 is 1.54 bits per heavy atom. The SMILES string of the molecule is O=C(Nc1ccn[nH]1)N1CCCC1. The molecule has 2 N–H and O–H groups in total. The first-order valence-electron chi connectivity index (χ1n) is 4.41. The van der Waals surface area contributed by atoms with Crippen molar-refractivity contribution in [1.29, 1.82) is 0 Å². The lowest BCUT2D eigenvalue weighted by Crippen LogP contribution is -2.32. The number of anilines is 1. The average molecular weight is 180 g/mol. The van der Waals surface area contributed by atoms with Crippen molar-refractivity contribution in [1.82, 2.24) is 15.1 Å². The minimum Gasteiger partial charge on any atom is -0.324 e. The van der Waals surface area contributed by atoms with E-state index in [0.717, 1.165) is 25.9 Å². The number of H-pyrrole nitrogens is 1. The van der Waals surface area contributed by atoms with Crippen LogP contribution in [-0.4, -0.2) is 34.2 Å². The molecule has 0 aromatic carbocycles. The molecule has 70 valence electrons. The Kier molecular flexibility index (Phi) is 2.16. The molecule has 1 aromatic rings. The quantitative estimate of drug-likeness (QED) is 0.678. The second kappa shape index (κ2) is 3.47. The highest BCUT2D eigenvalue weighted by Crippen LogP contribution is 2.09. The normalized spacial score (nSPS) is 16.2. The summed E-state index contributed by atoms with van der Waals surface area (Å²) in [5.41, 5.74) is 0. The number of aromatic nitrogens is 2. The van der Waals surface area contributed by atoms with E-state index in [1.807, 2.05) is 0 Å². The molecule has 2 heterocycles. The van der Waals surface area contributed by atoms with E-state index in [1.54, 1.807) is 17.2 Å². The lowest BCUT2D eigenvalue weighted by molar-refractivity contribution is 0.222. The smallest absolute Gasteiger partial charge is 0.322 e. The Balaban J connectivity index is 1.91. The maximum atomic E-state index is 11.5. The van der Waals surface area contributed by atoms with E-state index in [-0.39, 0.29) is 6.03 Å². The predicted molar refractivity (Wildman–Crippen MR) is 48.4 cm³/mol. The summed E-state index contributed by atoms with van der Waals surface area (Å²) in [6.45, 7) is 1.72. The Bertz CT molecular complexity index is 276. The third-order valence-corrected chi connectivity index (χ3v) is 2.14. The summed E-state index contributed by atoms with van der Waals surface area (Å²) in [5.74, 6) is 0.650. The summed E-state index contributed by atoms with van der Waals surface area (Å²) in [4.78, 5) is 13.3. The molecule has 0 saturated carbocycles. The van der Waals surface area contributed by atoms with Gasteiger partial charge in [0.15, 0.2) is 0 Å². The largest absolute Gasteiger partial charge is 0.324 e. The van der Waals surface area contributed by atoms with Crippen molar-refractivity contribution < 1.29 is 4.79 Å². The van der Waals surface area contributed by atoms with Gasteiger partial charge in [0.2, 0.25) is 0 Å². The van der Waals surface area contributed by atoms with Crippen LogP contribution in [0.5, 0.6) is 0 Å². The summed E-state index contributed by atoms with van der Waals surface area (Å²) >= 11 is 0. The molecule has 2 rings (SSSR count). The maximum Gasteiger partial charge on any atom is 0.322 e. The molecule has 1 aliphatic rings. The number of hydrogen-bond donors (Lipinski definition) is 2. The standard InChI is InChI=1S/C8H12N4O/c13-8(12-5-1-2-6-12)10-7-3-4-9-11-7/h3-4H,1-2,5-6H2,(H2,9,10,11,13).